The van der Waals surface area contributed by atoms with Gasteiger partial charge in [-0.15, -0.1) is 0 Å². The number of carbonyl (C=O) groups excluding carboxylic acids is 1. The molecule has 86 valence electrons. The molecule has 0 radical (unpaired) electrons. The lowest BCUT2D eigenvalue weighted by Gasteiger charge is -2.35. The molecule has 0 aromatic rings. The van der Waals surface area contributed by atoms with Crippen LogP contribution in [0.25, 0.3) is 0 Å². The monoisotopic (exact) mass is 208 g/mol. The van der Waals surface area contributed by atoms with E-state index in [9.17, 15) is 4.79 Å². The average molecular weight is 208 g/mol. The molecule has 2 fully saturated rings. The zero-order valence-electron chi connectivity index (χ0n) is 10.2. The van der Waals surface area contributed by atoms with Gasteiger partial charge < -0.3 is 0 Å². The van der Waals surface area contributed by atoms with Gasteiger partial charge in [0.1, 0.15) is 5.78 Å². The van der Waals surface area contributed by atoms with Crippen LogP contribution in [0, 0.1) is 23.7 Å². The summed E-state index contributed by atoms with van der Waals surface area (Å²) in [6, 6.07) is 0. The summed E-state index contributed by atoms with van der Waals surface area (Å²) in [6.07, 6.45) is 8.73. The molecule has 0 amide bonds. The quantitative estimate of drug-likeness (QED) is 0.689. The predicted molar refractivity (Wildman–Crippen MR) is 62.6 cm³/mol. The standard InChI is InChI=1S/C14H24O/c1-10(2)9-14(15)13-7-5-11-3-4-12(11)6-8-13/h10-13H,3-9H2,1-2H3. The highest BCUT2D eigenvalue weighted by Crippen LogP contribution is 2.45. The fourth-order valence-electron chi connectivity index (χ4n) is 3.26. The minimum Gasteiger partial charge on any atom is -0.299 e. The van der Waals surface area contributed by atoms with Crippen molar-refractivity contribution in [3.8, 4) is 0 Å². The van der Waals surface area contributed by atoms with Crippen LogP contribution >= 0.6 is 0 Å². The Bertz CT molecular complexity index is 217. The molecule has 15 heavy (non-hydrogen) atoms. The van der Waals surface area contributed by atoms with Gasteiger partial charge in [0.25, 0.3) is 0 Å². The van der Waals surface area contributed by atoms with Crippen LogP contribution in [0.5, 0.6) is 0 Å². The first-order valence-corrected chi connectivity index (χ1v) is 6.69. The Kier molecular flexibility index (Phi) is 3.48. The Morgan fingerprint density at radius 3 is 1.87 bits per heavy atom. The van der Waals surface area contributed by atoms with Crippen molar-refractivity contribution >= 4 is 5.78 Å². The average Bonchev–Trinajstić information content (AvgIpc) is 2.24. The number of hydrogen-bond acceptors (Lipinski definition) is 1. The summed E-state index contributed by atoms with van der Waals surface area (Å²) in [6.45, 7) is 4.30. The molecule has 0 spiro atoms. The van der Waals surface area contributed by atoms with Gasteiger partial charge in [-0.1, -0.05) is 13.8 Å². The van der Waals surface area contributed by atoms with Crippen molar-refractivity contribution in [2.24, 2.45) is 23.7 Å². The van der Waals surface area contributed by atoms with E-state index in [1.807, 2.05) is 0 Å². The summed E-state index contributed by atoms with van der Waals surface area (Å²) >= 11 is 0. The van der Waals surface area contributed by atoms with Gasteiger partial charge in [-0.2, -0.15) is 0 Å². The van der Waals surface area contributed by atoms with Gasteiger partial charge in [0.05, 0.1) is 0 Å². The van der Waals surface area contributed by atoms with Crippen molar-refractivity contribution in [1.82, 2.24) is 0 Å². The molecular weight excluding hydrogens is 184 g/mol. The molecule has 2 aliphatic carbocycles. The van der Waals surface area contributed by atoms with E-state index < -0.39 is 0 Å². The highest BCUT2D eigenvalue weighted by molar-refractivity contribution is 5.81. The van der Waals surface area contributed by atoms with E-state index in [2.05, 4.69) is 13.8 Å². The van der Waals surface area contributed by atoms with Gasteiger partial charge in [-0.3, -0.25) is 4.79 Å². The molecule has 0 aromatic heterocycles. The van der Waals surface area contributed by atoms with Crippen LogP contribution in [0.3, 0.4) is 0 Å². The Balaban J connectivity index is 1.84. The van der Waals surface area contributed by atoms with Crippen molar-refractivity contribution in [3.63, 3.8) is 0 Å². The molecule has 1 heteroatoms. The number of ketones is 1. The third-order valence-corrected chi connectivity index (χ3v) is 4.41. The summed E-state index contributed by atoms with van der Waals surface area (Å²) in [5, 5.41) is 0. The van der Waals surface area contributed by atoms with E-state index >= 15 is 0 Å². The van der Waals surface area contributed by atoms with Crippen LogP contribution in [0.2, 0.25) is 0 Å². The van der Waals surface area contributed by atoms with Crippen LogP contribution in [0.4, 0.5) is 0 Å². The van der Waals surface area contributed by atoms with E-state index in [-0.39, 0.29) is 0 Å². The summed E-state index contributed by atoms with van der Waals surface area (Å²) in [5.41, 5.74) is 0. The topological polar surface area (TPSA) is 17.1 Å². The van der Waals surface area contributed by atoms with Crippen LogP contribution in [-0.2, 0) is 4.79 Å². The second-order valence-corrected chi connectivity index (χ2v) is 6.01. The molecule has 2 saturated carbocycles. The molecule has 2 aliphatic rings. The SMILES string of the molecule is CC(C)CC(=O)C1CCC2CCC2CC1. The summed E-state index contributed by atoms with van der Waals surface area (Å²) in [4.78, 5) is 12.0. The van der Waals surface area contributed by atoms with E-state index in [0.29, 0.717) is 17.6 Å². The van der Waals surface area contributed by atoms with Gasteiger partial charge >= 0.3 is 0 Å². The molecule has 0 bridgehead atoms. The maximum Gasteiger partial charge on any atom is 0.136 e. The molecule has 2 rings (SSSR count). The molecule has 2 atom stereocenters. The normalized spacial score (nSPS) is 35.5. The molecule has 1 nitrogen and oxygen atoms in total. The number of Topliss-reactive ketones (excluding diaryl/α,β-unsaturated/α-hetero) is 1. The van der Waals surface area contributed by atoms with Gasteiger partial charge in [-0.25, -0.2) is 0 Å². The van der Waals surface area contributed by atoms with E-state index in [1.165, 1.54) is 38.5 Å². The minimum absolute atomic E-state index is 0.415. The lowest BCUT2D eigenvalue weighted by molar-refractivity contribution is -0.123. The van der Waals surface area contributed by atoms with Crippen molar-refractivity contribution in [2.45, 2.75) is 58.8 Å². The number of rotatable bonds is 3. The lowest BCUT2D eigenvalue weighted by atomic mass is 9.71. The van der Waals surface area contributed by atoms with E-state index in [4.69, 9.17) is 0 Å². The fraction of sp³-hybridized carbons (Fsp3) is 0.929. The maximum atomic E-state index is 12.0. The smallest absolute Gasteiger partial charge is 0.136 e. The zero-order valence-corrected chi connectivity index (χ0v) is 10.2. The Hall–Kier alpha value is -0.330. The van der Waals surface area contributed by atoms with Crippen LogP contribution in [-0.4, -0.2) is 5.78 Å². The molecule has 0 aromatic carbocycles. The van der Waals surface area contributed by atoms with Gasteiger partial charge in [0.2, 0.25) is 0 Å². The Morgan fingerprint density at radius 1 is 1.00 bits per heavy atom. The summed E-state index contributed by atoms with van der Waals surface area (Å²) in [7, 11) is 0. The van der Waals surface area contributed by atoms with Gasteiger partial charge in [0, 0.05) is 12.3 Å². The molecule has 2 unspecified atom stereocenters. The largest absolute Gasteiger partial charge is 0.299 e. The third kappa shape index (κ3) is 2.62. The second-order valence-electron chi connectivity index (χ2n) is 6.01. The van der Waals surface area contributed by atoms with E-state index in [1.54, 1.807) is 0 Å². The van der Waals surface area contributed by atoms with Crippen molar-refractivity contribution in [1.29, 1.82) is 0 Å². The highest BCUT2D eigenvalue weighted by Gasteiger charge is 2.35. The second kappa shape index (κ2) is 4.67. The fourth-order valence-corrected chi connectivity index (χ4v) is 3.26. The Labute approximate surface area is 93.6 Å². The first-order chi connectivity index (χ1) is 7.16. The number of fused-ring (bicyclic) bond motifs is 1. The molecule has 0 saturated heterocycles. The van der Waals surface area contributed by atoms with E-state index in [0.717, 1.165) is 18.3 Å². The Morgan fingerprint density at radius 2 is 1.47 bits per heavy atom. The third-order valence-electron chi connectivity index (χ3n) is 4.41. The van der Waals surface area contributed by atoms with Crippen LogP contribution in [0.1, 0.15) is 58.8 Å². The number of hydrogen-bond donors (Lipinski definition) is 0. The van der Waals surface area contributed by atoms with Gasteiger partial charge in [-0.05, 0) is 56.3 Å². The lowest BCUT2D eigenvalue weighted by Crippen LogP contribution is -2.23. The van der Waals surface area contributed by atoms with Crippen molar-refractivity contribution in [3.05, 3.63) is 0 Å². The molecular formula is C14H24O. The maximum absolute atomic E-state index is 12.0. The van der Waals surface area contributed by atoms with Crippen molar-refractivity contribution in [2.75, 3.05) is 0 Å². The van der Waals surface area contributed by atoms with Crippen LogP contribution < -0.4 is 0 Å². The molecule has 0 N–H and O–H groups in total. The summed E-state index contributed by atoms with van der Waals surface area (Å²) < 4.78 is 0. The molecule has 0 aliphatic heterocycles. The number of carbonyl (C=O) groups is 1. The first kappa shape index (κ1) is 11.2. The molecule has 0 heterocycles. The zero-order chi connectivity index (χ0) is 10.8. The van der Waals surface area contributed by atoms with Crippen LogP contribution in [0.15, 0.2) is 0 Å². The van der Waals surface area contributed by atoms with Gasteiger partial charge in [0.15, 0.2) is 0 Å². The minimum atomic E-state index is 0.415. The first-order valence-electron chi connectivity index (χ1n) is 6.69. The highest BCUT2D eigenvalue weighted by atomic mass is 16.1. The predicted octanol–water partition coefficient (Wildman–Crippen LogP) is 3.82. The van der Waals surface area contributed by atoms with Crippen molar-refractivity contribution < 1.29 is 4.79 Å². The summed E-state index contributed by atoms with van der Waals surface area (Å²) in [5.74, 6) is 3.48.